The number of ketones is 1. The number of H-pyrrole nitrogens is 1. The quantitative estimate of drug-likeness (QED) is 0.299. The molecule has 4 N–H and O–H groups in total. The van der Waals surface area contributed by atoms with E-state index in [2.05, 4.69) is 20.9 Å². The van der Waals surface area contributed by atoms with Gasteiger partial charge >= 0.3 is 0 Å². The van der Waals surface area contributed by atoms with Crippen molar-refractivity contribution in [3.05, 3.63) is 71.9 Å². The van der Waals surface area contributed by atoms with Crippen LogP contribution < -0.4 is 16.0 Å². The first-order chi connectivity index (χ1) is 19.9. The number of hydrogen-bond acceptors (Lipinski definition) is 5. The lowest BCUT2D eigenvalue weighted by molar-refractivity contribution is -0.141. The molecule has 3 aliphatic rings. The summed E-state index contributed by atoms with van der Waals surface area (Å²) in [5.74, 6) is -3.07. The minimum absolute atomic E-state index is 0.0198. The normalized spacial score (nSPS) is 23.8. The van der Waals surface area contributed by atoms with Crippen LogP contribution in [0.3, 0.4) is 0 Å². The van der Waals surface area contributed by atoms with Gasteiger partial charge in [0.05, 0.1) is 6.04 Å². The second-order valence-corrected chi connectivity index (χ2v) is 11.3. The molecule has 2 aromatic carbocycles. The summed E-state index contributed by atoms with van der Waals surface area (Å²) in [6.07, 6.45) is 2.87. The molecule has 0 spiro atoms. The number of nitrogens with zero attached hydrogens (tertiary/aromatic N) is 1. The van der Waals surface area contributed by atoms with Crippen LogP contribution in [0, 0.1) is 11.8 Å². The van der Waals surface area contributed by atoms with Gasteiger partial charge in [-0.05, 0) is 55.7 Å². The lowest BCUT2D eigenvalue weighted by Crippen LogP contribution is -2.57. The smallest absolute Gasteiger partial charge is 0.289 e. The molecule has 5 atom stereocenters. The molecular weight excluding hydrogens is 522 g/mol. The number of Topliss-reactive ketones (excluding diaryl/α,β-unsaturated/α-hetero) is 1. The average molecular weight is 556 g/mol. The first-order valence-corrected chi connectivity index (χ1v) is 14.2. The summed E-state index contributed by atoms with van der Waals surface area (Å²) in [7, 11) is 0. The van der Waals surface area contributed by atoms with Gasteiger partial charge in [-0.2, -0.15) is 0 Å². The van der Waals surface area contributed by atoms with Gasteiger partial charge in [0.2, 0.25) is 17.6 Å². The maximum Gasteiger partial charge on any atom is 0.289 e. The van der Waals surface area contributed by atoms with Crippen molar-refractivity contribution in [2.24, 2.45) is 11.8 Å². The fourth-order valence-electron chi connectivity index (χ4n) is 6.61. The van der Waals surface area contributed by atoms with Crippen molar-refractivity contribution in [1.82, 2.24) is 25.8 Å². The number of likely N-dealkylation sites (tertiary alicyclic amines) is 1. The molecule has 2 saturated heterocycles. The SMILES string of the molecule is O=C(NCc1ccccc1)C(=O)C(CC1CCNC1=O)NC(=O)C1C2CCC(C2)N1C(=O)c1cc2ccccc2[nH]1. The van der Waals surface area contributed by atoms with Gasteiger partial charge in [0.1, 0.15) is 11.7 Å². The number of carbonyl (C=O) groups excluding carboxylic acids is 5. The van der Waals surface area contributed by atoms with E-state index in [1.807, 2.05) is 54.6 Å². The summed E-state index contributed by atoms with van der Waals surface area (Å²) in [6, 6.07) is 16.6. The molecule has 41 heavy (non-hydrogen) atoms. The van der Waals surface area contributed by atoms with Crippen LogP contribution in [-0.4, -0.2) is 64.0 Å². The van der Waals surface area contributed by atoms with Crippen molar-refractivity contribution >= 4 is 40.3 Å². The summed E-state index contributed by atoms with van der Waals surface area (Å²) in [6.45, 7) is 0.646. The van der Waals surface area contributed by atoms with Crippen molar-refractivity contribution in [2.75, 3.05) is 6.54 Å². The van der Waals surface area contributed by atoms with E-state index in [4.69, 9.17) is 0 Å². The molecule has 6 rings (SSSR count). The Morgan fingerprint density at radius 1 is 0.976 bits per heavy atom. The number of fused-ring (bicyclic) bond motifs is 3. The lowest BCUT2D eigenvalue weighted by atomic mass is 9.93. The van der Waals surface area contributed by atoms with Gasteiger partial charge in [0.15, 0.2) is 0 Å². The molecular formula is C31H33N5O5. The molecule has 212 valence electrons. The number of aromatic amines is 1. The molecule has 10 heteroatoms. The third kappa shape index (κ3) is 5.33. The van der Waals surface area contributed by atoms with Gasteiger partial charge < -0.3 is 25.8 Å². The third-order valence-corrected chi connectivity index (χ3v) is 8.68. The van der Waals surface area contributed by atoms with Crippen LogP contribution in [0.1, 0.15) is 48.2 Å². The molecule has 1 aliphatic carbocycles. The fraction of sp³-hybridized carbons (Fsp3) is 0.387. The Labute approximate surface area is 237 Å². The van der Waals surface area contributed by atoms with Gasteiger partial charge in [-0.3, -0.25) is 24.0 Å². The highest BCUT2D eigenvalue weighted by Crippen LogP contribution is 2.43. The number of carbonyl (C=O) groups is 5. The summed E-state index contributed by atoms with van der Waals surface area (Å²) < 4.78 is 0. The Morgan fingerprint density at radius 2 is 1.76 bits per heavy atom. The number of aromatic nitrogens is 1. The van der Waals surface area contributed by atoms with Gasteiger partial charge in [0.25, 0.3) is 11.8 Å². The summed E-state index contributed by atoms with van der Waals surface area (Å²) in [4.78, 5) is 71.0. The maximum atomic E-state index is 13.8. The van der Waals surface area contributed by atoms with Crippen LogP contribution in [0.5, 0.6) is 0 Å². The van der Waals surface area contributed by atoms with E-state index in [9.17, 15) is 24.0 Å². The van der Waals surface area contributed by atoms with E-state index in [1.165, 1.54) is 0 Å². The van der Waals surface area contributed by atoms with E-state index in [1.54, 1.807) is 11.0 Å². The van der Waals surface area contributed by atoms with Gasteiger partial charge in [-0.1, -0.05) is 48.5 Å². The Hall–Kier alpha value is -4.47. The standard InChI is InChI=1S/C31H33N5O5/c37-27(30(40)33-17-18-6-2-1-3-7-18)24(16-21-12-13-32-28(21)38)35-29(39)26-20-10-11-22(14-20)36(26)31(41)25-15-19-8-4-5-9-23(19)34-25/h1-9,15,20-22,24,26,34H,10-14,16-17H2,(H,32,38)(H,33,40)(H,35,39). The van der Waals surface area contributed by atoms with Crippen LogP contribution in [0.2, 0.25) is 0 Å². The number of piperidine rings is 1. The largest absolute Gasteiger partial charge is 0.356 e. The molecule has 3 heterocycles. The molecule has 1 saturated carbocycles. The molecule has 2 aliphatic heterocycles. The number of benzene rings is 2. The van der Waals surface area contributed by atoms with Crippen molar-refractivity contribution < 1.29 is 24.0 Å². The molecule has 0 radical (unpaired) electrons. The van der Waals surface area contributed by atoms with Crippen LogP contribution in [0.15, 0.2) is 60.7 Å². The second kappa shape index (κ2) is 11.2. The number of hydrogen-bond donors (Lipinski definition) is 4. The van der Waals surface area contributed by atoms with Gasteiger partial charge in [0, 0.05) is 36.0 Å². The van der Waals surface area contributed by atoms with Crippen LogP contribution in [-0.2, 0) is 25.7 Å². The predicted octanol–water partition coefficient (Wildman–Crippen LogP) is 2.06. The summed E-state index contributed by atoms with van der Waals surface area (Å²) >= 11 is 0. The predicted molar refractivity (Wildman–Crippen MR) is 150 cm³/mol. The molecule has 10 nitrogen and oxygen atoms in total. The highest BCUT2D eigenvalue weighted by molar-refractivity contribution is 6.38. The van der Waals surface area contributed by atoms with Crippen LogP contribution in [0.25, 0.3) is 10.9 Å². The van der Waals surface area contributed by atoms with E-state index in [0.29, 0.717) is 25.1 Å². The third-order valence-electron chi connectivity index (χ3n) is 8.68. The van der Waals surface area contributed by atoms with Crippen molar-refractivity contribution in [3.8, 4) is 0 Å². The molecule has 2 bridgehead atoms. The first-order valence-electron chi connectivity index (χ1n) is 14.2. The molecule has 3 fully saturated rings. The second-order valence-electron chi connectivity index (χ2n) is 11.3. The van der Waals surface area contributed by atoms with Crippen LogP contribution >= 0.6 is 0 Å². The number of rotatable bonds is 9. The molecule has 1 aromatic heterocycles. The zero-order valence-corrected chi connectivity index (χ0v) is 22.6. The maximum absolute atomic E-state index is 13.8. The molecule has 4 amide bonds. The van der Waals surface area contributed by atoms with Crippen molar-refractivity contribution in [1.29, 1.82) is 0 Å². The fourth-order valence-corrected chi connectivity index (χ4v) is 6.61. The monoisotopic (exact) mass is 555 g/mol. The highest BCUT2D eigenvalue weighted by Gasteiger charge is 2.52. The zero-order chi connectivity index (χ0) is 28.5. The lowest BCUT2D eigenvalue weighted by Gasteiger charge is -2.35. The Morgan fingerprint density at radius 3 is 2.51 bits per heavy atom. The van der Waals surface area contributed by atoms with Gasteiger partial charge in [-0.15, -0.1) is 0 Å². The van der Waals surface area contributed by atoms with Crippen molar-refractivity contribution in [3.63, 3.8) is 0 Å². The van der Waals surface area contributed by atoms with E-state index < -0.39 is 35.6 Å². The van der Waals surface area contributed by atoms with E-state index in [0.717, 1.165) is 29.3 Å². The highest BCUT2D eigenvalue weighted by atomic mass is 16.2. The summed E-state index contributed by atoms with van der Waals surface area (Å²) in [5.41, 5.74) is 2.08. The number of para-hydroxylation sites is 1. The van der Waals surface area contributed by atoms with Crippen LogP contribution in [0.4, 0.5) is 0 Å². The number of amides is 4. The van der Waals surface area contributed by atoms with E-state index >= 15 is 0 Å². The topological polar surface area (TPSA) is 140 Å². The Kier molecular flexibility index (Phi) is 7.30. The molecule has 3 aromatic rings. The molecule has 5 unspecified atom stereocenters. The zero-order valence-electron chi connectivity index (χ0n) is 22.6. The van der Waals surface area contributed by atoms with Crippen molar-refractivity contribution in [2.45, 2.75) is 56.8 Å². The minimum atomic E-state index is -1.18. The Bertz CT molecular complexity index is 1470. The van der Waals surface area contributed by atoms with Gasteiger partial charge in [-0.25, -0.2) is 0 Å². The summed E-state index contributed by atoms with van der Waals surface area (Å²) in [5, 5.41) is 9.09. The average Bonchev–Trinajstić information content (AvgIpc) is 3.79. The Balaban J connectivity index is 1.20. The number of nitrogens with one attached hydrogen (secondary N) is 4. The first kappa shape index (κ1) is 26.7. The van der Waals surface area contributed by atoms with E-state index in [-0.39, 0.29) is 36.7 Å². The minimum Gasteiger partial charge on any atom is -0.356 e.